The molecule has 0 radical (unpaired) electrons. The Labute approximate surface area is 60.7 Å². The molecule has 2 bridgehead atoms. The lowest BCUT2D eigenvalue weighted by Gasteiger charge is -2.39. The van der Waals surface area contributed by atoms with Crippen LogP contribution in [0.25, 0.3) is 0 Å². The second-order valence-corrected chi connectivity index (χ2v) is 2.96. The van der Waals surface area contributed by atoms with Crippen LogP contribution in [0.4, 0.5) is 0 Å². The molecule has 0 spiro atoms. The van der Waals surface area contributed by atoms with Crippen molar-refractivity contribution >= 4 is 0 Å². The van der Waals surface area contributed by atoms with E-state index in [1.54, 1.807) is 0 Å². The van der Waals surface area contributed by atoms with Crippen molar-refractivity contribution in [2.75, 3.05) is 13.2 Å². The Morgan fingerprint density at radius 3 is 3.10 bits per heavy atom. The van der Waals surface area contributed by atoms with Crippen LogP contribution in [0.5, 0.6) is 0 Å². The molecule has 2 aliphatic heterocycles. The zero-order chi connectivity index (χ0) is 6.97. The summed E-state index contributed by atoms with van der Waals surface area (Å²) in [6.45, 7) is 3.70. The normalized spacial score (nSPS) is 47.1. The standard InChI is InChI=1S/C7H13NO2/c1-5-6-2-3-9-7(8-6)4-10-5/h5-8H,2-4H2,1H3. The van der Waals surface area contributed by atoms with Gasteiger partial charge in [-0.25, -0.2) is 0 Å². The van der Waals surface area contributed by atoms with Crippen molar-refractivity contribution < 1.29 is 9.47 Å². The number of morpholine rings is 1. The average molecular weight is 143 g/mol. The zero-order valence-electron chi connectivity index (χ0n) is 6.17. The fourth-order valence-corrected chi connectivity index (χ4v) is 1.53. The molecule has 58 valence electrons. The molecular weight excluding hydrogens is 130 g/mol. The first-order chi connectivity index (χ1) is 4.86. The van der Waals surface area contributed by atoms with E-state index in [9.17, 15) is 0 Å². The van der Waals surface area contributed by atoms with Crippen LogP contribution in [0.2, 0.25) is 0 Å². The first kappa shape index (κ1) is 6.58. The quantitative estimate of drug-likeness (QED) is 0.522. The third kappa shape index (κ3) is 1.05. The fourth-order valence-electron chi connectivity index (χ4n) is 1.53. The third-order valence-corrected chi connectivity index (χ3v) is 2.22. The van der Waals surface area contributed by atoms with Crippen molar-refractivity contribution in [3.8, 4) is 0 Å². The smallest absolute Gasteiger partial charge is 0.132 e. The molecule has 3 unspecified atom stereocenters. The highest BCUT2D eigenvalue weighted by atomic mass is 16.6. The van der Waals surface area contributed by atoms with Gasteiger partial charge in [-0.3, -0.25) is 5.32 Å². The SMILES string of the molecule is CC1OCC2NC1CCO2. The van der Waals surface area contributed by atoms with E-state index in [-0.39, 0.29) is 6.23 Å². The highest BCUT2D eigenvalue weighted by molar-refractivity contribution is 4.82. The molecule has 0 aromatic rings. The van der Waals surface area contributed by atoms with Crippen molar-refractivity contribution in [3.63, 3.8) is 0 Å². The Bertz CT molecular complexity index is 127. The first-order valence-electron chi connectivity index (χ1n) is 3.85. The lowest BCUT2D eigenvalue weighted by Crippen LogP contribution is -2.57. The van der Waals surface area contributed by atoms with E-state index in [1.807, 2.05) is 0 Å². The summed E-state index contributed by atoms with van der Waals surface area (Å²) in [4.78, 5) is 0. The molecule has 2 saturated heterocycles. The Hall–Kier alpha value is -0.120. The van der Waals surface area contributed by atoms with E-state index in [0.29, 0.717) is 18.8 Å². The lowest BCUT2D eigenvalue weighted by molar-refractivity contribution is -0.142. The van der Waals surface area contributed by atoms with Gasteiger partial charge >= 0.3 is 0 Å². The molecule has 1 N–H and O–H groups in total. The van der Waals surface area contributed by atoms with E-state index < -0.39 is 0 Å². The molecule has 2 heterocycles. The van der Waals surface area contributed by atoms with Gasteiger partial charge in [0.25, 0.3) is 0 Å². The van der Waals surface area contributed by atoms with E-state index in [1.165, 1.54) is 0 Å². The molecule has 0 amide bonds. The maximum Gasteiger partial charge on any atom is 0.132 e. The van der Waals surface area contributed by atoms with Crippen LogP contribution in [0.1, 0.15) is 13.3 Å². The van der Waals surface area contributed by atoms with Gasteiger partial charge in [0.05, 0.1) is 19.3 Å². The van der Waals surface area contributed by atoms with Gasteiger partial charge in [-0.05, 0) is 13.3 Å². The molecule has 3 atom stereocenters. The average Bonchev–Trinajstić information content (AvgIpc) is 1.99. The van der Waals surface area contributed by atoms with Gasteiger partial charge in [0.15, 0.2) is 0 Å². The largest absolute Gasteiger partial charge is 0.373 e. The summed E-state index contributed by atoms with van der Waals surface area (Å²) in [6.07, 6.45) is 1.60. The molecular formula is C7H13NO2. The minimum Gasteiger partial charge on any atom is -0.373 e. The fraction of sp³-hybridized carbons (Fsp3) is 1.00. The predicted molar refractivity (Wildman–Crippen MR) is 36.7 cm³/mol. The van der Waals surface area contributed by atoms with E-state index >= 15 is 0 Å². The van der Waals surface area contributed by atoms with E-state index in [0.717, 1.165) is 13.0 Å². The van der Waals surface area contributed by atoms with Crippen LogP contribution in [-0.4, -0.2) is 31.6 Å². The second kappa shape index (κ2) is 2.49. The number of fused-ring (bicyclic) bond motifs is 2. The topological polar surface area (TPSA) is 30.5 Å². The maximum absolute atomic E-state index is 5.46. The van der Waals surface area contributed by atoms with Gasteiger partial charge in [-0.15, -0.1) is 0 Å². The van der Waals surface area contributed by atoms with Crippen LogP contribution >= 0.6 is 0 Å². The lowest BCUT2D eigenvalue weighted by atomic mass is 10.1. The van der Waals surface area contributed by atoms with Crippen molar-refractivity contribution in [1.82, 2.24) is 5.32 Å². The second-order valence-electron chi connectivity index (χ2n) is 2.96. The monoisotopic (exact) mass is 143 g/mol. The Kier molecular flexibility index (Phi) is 1.64. The molecule has 0 aliphatic carbocycles. The minimum absolute atomic E-state index is 0.162. The number of hydrogen-bond donors (Lipinski definition) is 1. The first-order valence-corrected chi connectivity index (χ1v) is 3.85. The molecule has 2 rings (SSSR count). The Morgan fingerprint density at radius 2 is 2.30 bits per heavy atom. The molecule has 2 fully saturated rings. The van der Waals surface area contributed by atoms with Crippen molar-refractivity contribution in [1.29, 1.82) is 0 Å². The van der Waals surface area contributed by atoms with Crippen molar-refractivity contribution in [2.45, 2.75) is 31.7 Å². The van der Waals surface area contributed by atoms with E-state index in [2.05, 4.69) is 12.2 Å². The molecule has 0 aromatic heterocycles. The van der Waals surface area contributed by atoms with Gasteiger partial charge in [0.1, 0.15) is 6.23 Å². The number of ether oxygens (including phenoxy) is 2. The summed E-state index contributed by atoms with van der Waals surface area (Å²) in [6, 6.07) is 0.521. The highest BCUT2D eigenvalue weighted by Crippen LogP contribution is 2.16. The highest BCUT2D eigenvalue weighted by Gasteiger charge is 2.31. The van der Waals surface area contributed by atoms with Crippen LogP contribution in [0.15, 0.2) is 0 Å². The Balaban J connectivity index is 2.00. The molecule has 0 aromatic carbocycles. The van der Waals surface area contributed by atoms with Gasteiger partial charge < -0.3 is 9.47 Å². The molecule has 2 aliphatic rings. The molecule has 3 nitrogen and oxygen atoms in total. The summed E-state index contributed by atoms with van der Waals surface area (Å²) >= 11 is 0. The van der Waals surface area contributed by atoms with Crippen LogP contribution in [0.3, 0.4) is 0 Å². The zero-order valence-corrected chi connectivity index (χ0v) is 6.17. The van der Waals surface area contributed by atoms with Gasteiger partial charge in [0.2, 0.25) is 0 Å². The Morgan fingerprint density at radius 1 is 1.40 bits per heavy atom. The van der Waals surface area contributed by atoms with Gasteiger partial charge in [-0.1, -0.05) is 0 Å². The summed E-state index contributed by atoms with van der Waals surface area (Å²) in [5, 5.41) is 3.36. The minimum atomic E-state index is 0.162. The predicted octanol–water partition coefficient (Wildman–Crippen LogP) is 0.110. The number of nitrogens with one attached hydrogen (secondary N) is 1. The van der Waals surface area contributed by atoms with Crippen molar-refractivity contribution in [2.24, 2.45) is 0 Å². The maximum atomic E-state index is 5.46. The summed E-state index contributed by atoms with van der Waals surface area (Å²) in [5.41, 5.74) is 0. The summed E-state index contributed by atoms with van der Waals surface area (Å²) in [5.74, 6) is 0. The van der Waals surface area contributed by atoms with Gasteiger partial charge in [0, 0.05) is 6.04 Å². The summed E-state index contributed by atoms with van der Waals surface area (Å²) in [7, 11) is 0. The van der Waals surface area contributed by atoms with E-state index in [4.69, 9.17) is 9.47 Å². The molecule has 0 saturated carbocycles. The van der Waals surface area contributed by atoms with Crippen LogP contribution in [-0.2, 0) is 9.47 Å². The van der Waals surface area contributed by atoms with Crippen LogP contribution in [0, 0.1) is 0 Å². The molecule has 3 heteroatoms. The summed E-state index contributed by atoms with van der Waals surface area (Å²) < 4.78 is 10.8. The number of hydrogen-bond acceptors (Lipinski definition) is 3. The van der Waals surface area contributed by atoms with Crippen LogP contribution < -0.4 is 5.32 Å². The van der Waals surface area contributed by atoms with Gasteiger partial charge in [-0.2, -0.15) is 0 Å². The molecule has 10 heavy (non-hydrogen) atoms. The number of rotatable bonds is 0. The van der Waals surface area contributed by atoms with Crippen molar-refractivity contribution in [3.05, 3.63) is 0 Å². The third-order valence-electron chi connectivity index (χ3n) is 2.22.